The Balaban J connectivity index is 1.45. The van der Waals surface area contributed by atoms with Crippen LogP contribution in [0.15, 0.2) is 17.2 Å². The average Bonchev–Trinajstić information content (AvgIpc) is 3.22. The molecule has 2 atom stereocenters. The zero-order valence-electron chi connectivity index (χ0n) is 19.6. The number of carbonyl (C=O) groups excluding carboxylic acids is 2. The van der Waals surface area contributed by atoms with E-state index in [1.807, 2.05) is 17.8 Å². The van der Waals surface area contributed by atoms with Crippen LogP contribution >= 0.6 is 34.7 Å². The highest BCUT2D eigenvalue weighted by atomic mass is 35.5. The van der Waals surface area contributed by atoms with Crippen molar-refractivity contribution in [1.82, 2.24) is 20.5 Å². The number of nitrogens with one attached hydrogen (secondary N) is 2. The SMILES string of the molecule is C=C(CN1CCSCC1)C(=O)NCC(NC(=O)CCc1nc2c(s1)C=C(Cl)CC2)C(C)CC. The van der Waals surface area contributed by atoms with Gasteiger partial charge in [-0.25, -0.2) is 4.98 Å². The summed E-state index contributed by atoms with van der Waals surface area (Å²) < 4.78 is 0. The van der Waals surface area contributed by atoms with Crippen molar-refractivity contribution < 1.29 is 9.59 Å². The molecule has 2 N–H and O–H groups in total. The Kier molecular flexibility index (Phi) is 10.3. The Labute approximate surface area is 210 Å². The van der Waals surface area contributed by atoms with Crippen molar-refractivity contribution >= 4 is 52.6 Å². The maximum Gasteiger partial charge on any atom is 0.247 e. The fraction of sp³-hybridized carbons (Fsp3) is 0.625. The minimum atomic E-state index is -0.129. The van der Waals surface area contributed by atoms with Crippen molar-refractivity contribution in [3.63, 3.8) is 0 Å². The number of amides is 2. The smallest absolute Gasteiger partial charge is 0.247 e. The fourth-order valence-electron chi connectivity index (χ4n) is 3.87. The van der Waals surface area contributed by atoms with Gasteiger partial charge in [-0.3, -0.25) is 14.5 Å². The number of fused-ring (bicyclic) bond motifs is 1. The monoisotopic (exact) mass is 510 g/mol. The molecule has 2 unspecified atom stereocenters. The molecule has 3 rings (SSSR count). The van der Waals surface area contributed by atoms with Crippen LogP contribution in [0.1, 0.15) is 48.7 Å². The van der Waals surface area contributed by atoms with Gasteiger partial charge in [-0.2, -0.15) is 11.8 Å². The van der Waals surface area contributed by atoms with Crippen LogP contribution < -0.4 is 10.6 Å². The molecule has 1 fully saturated rings. The molecule has 2 heterocycles. The van der Waals surface area contributed by atoms with Gasteiger partial charge in [-0.15, -0.1) is 11.3 Å². The topological polar surface area (TPSA) is 74.3 Å². The van der Waals surface area contributed by atoms with E-state index < -0.39 is 0 Å². The minimum absolute atomic E-state index is 0.0130. The molecule has 0 radical (unpaired) electrons. The van der Waals surface area contributed by atoms with Crippen LogP contribution in [0.25, 0.3) is 6.08 Å². The first-order valence-corrected chi connectivity index (χ1v) is 14.1. The Hall–Kier alpha value is -1.35. The molecular weight excluding hydrogens is 476 g/mol. The quantitative estimate of drug-likeness (QED) is 0.442. The number of thiazole rings is 1. The van der Waals surface area contributed by atoms with Crippen LogP contribution in [0.2, 0.25) is 0 Å². The molecule has 182 valence electrons. The molecule has 2 amide bonds. The van der Waals surface area contributed by atoms with E-state index in [1.165, 1.54) is 0 Å². The molecular formula is C24H35ClN4O2S2. The van der Waals surface area contributed by atoms with Crippen LogP contribution in [-0.4, -0.2) is 65.4 Å². The summed E-state index contributed by atoms with van der Waals surface area (Å²) in [6.07, 6.45) is 5.60. The molecule has 0 spiro atoms. The van der Waals surface area contributed by atoms with Gasteiger partial charge in [0.05, 0.1) is 15.6 Å². The first-order valence-electron chi connectivity index (χ1n) is 11.8. The normalized spacial score (nSPS) is 18.1. The highest BCUT2D eigenvalue weighted by Gasteiger charge is 2.22. The van der Waals surface area contributed by atoms with Gasteiger partial charge in [0.1, 0.15) is 0 Å². The van der Waals surface area contributed by atoms with E-state index in [0.717, 1.165) is 64.5 Å². The van der Waals surface area contributed by atoms with Gasteiger partial charge in [0.2, 0.25) is 11.8 Å². The summed E-state index contributed by atoms with van der Waals surface area (Å²) in [7, 11) is 0. The van der Waals surface area contributed by atoms with E-state index >= 15 is 0 Å². The second-order valence-electron chi connectivity index (χ2n) is 8.77. The van der Waals surface area contributed by atoms with Crippen molar-refractivity contribution in [2.75, 3.05) is 37.7 Å². The molecule has 6 nitrogen and oxygen atoms in total. The number of carbonyl (C=O) groups is 2. The van der Waals surface area contributed by atoms with Crippen molar-refractivity contribution in [2.45, 2.75) is 52.0 Å². The Morgan fingerprint density at radius 2 is 2.06 bits per heavy atom. The largest absolute Gasteiger partial charge is 0.351 e. The molecule has 2 aliphatic rings. The van der Waals surface area contributed by atoms with E-state index in [4.69, 9.17) is 11.6 Å². The molecule has 1 aromatic rings. The van der Waals surface area contributed by atoms with Gasteiger partial charge < -0.3 is 10.6 Å². The van der Waals surface area contributed by atoms with Crippen LogP contribution in [-0.2, 0) is 22.4 Å². The van der Waals surface area contributed by atoms with E-state index in [-0.39, 0.29) is 23.8 Å². The molecule has 1 aliphatic carbocycles. The Morgan fingerprint density at radius 1 is 1.30 bits per heavy atom. The summed E-state index contributed by atoms with van der Waals surface area (Å²) in [6, 6.07) is -0.114. The number of aryl methyl sites for hydroxylation is 2. The number of rotatable bonds is 11. The number of allylic oxidation sites excluding steroid dienone is 1. The van der Waals surface area contributed by atoms with Gasteiger partial charge in [0.15, 0.2) is 0 Å². The third-order valence-corrected chi connectivity index (χ3v) is 8.57. The number of nitrogens with zero attached hydrogens (tertiary/aromatic N) is 2. The summed E-state index contributed by atoms with van der Waals surface area (Å²) in [4.78, 5) is 33.3. The molecule has 33 heavy (non-hydrogen) atoms. The second-order valence-corrected chi connectivity index (χ2v) is 11.6. The Morgan fingerprint density at radius 3 is 2.79 bits per heavy atom. The molecule has 1 aromatic heterocycles. The summed E-state index contributed by atoms with van der Waals surface area (Å²) in [6.45, 7) is 11.2. The van der Waals surface area contributed by atoms with Crippen LogP contribution in [0.4, 0.5) is 0 Å². The number of halogens is 1. The average molecular weight is 511 g/mol. The lowest BCUT2D eigenvalue weighted by Gasteiger charge is -2.27. The molecule has 9 heteroatoms. The molecule has 0 aromatic carbocycles. The van der Waals surface area contributed by atoms with E-state index in [2.05, 4.69) is 40.9 Å². The molecule has 0 bridgehead atoms. The maximum atomic E-state index is 12.7. The van der Waals surface area contributed by atoms with Crippen molar-refractivity contribution in [1.29, 1.82) is 0 Å². The predicted molar refractivity (Wildman–Crippen MR) is 140 cm³/mol. The summed E-state index contributed by atoms with van der Waals surface area (Å²) in [5.41, 5.74) is 1.67. The van der Waals surface area contributed by atoms with Gasteiger partial charge in [-0.05, 0) is 24.8 Å². The van der Waals surface area contributed by atoms with E-state index in [0.29, 0.717) is 31.5 Å². The van der Waals surface area contributed by atoms with Crippen molar-refractivity contribution in [3.8, 4) is 0 Å². The van der Waals surface area contributed by atoms with Gasteiger partial charge in [0.25, 0.3) is 0 Å². The summed E-state index contributed by atoms with van der Waals surface area (Å²) in [5.74, 6) is 2.31. The first-order chi connectivity index (χ1) is 15.9. The summed E-state index contributed by atoms with van der Waals surface area (Å²) in [5, 5.41) is 7.96. The van der Waals surface area contributed by atoms with Crippen LogP contribution in [0.5, 0.6) is 0 Å². The zero-order valence-corrected chi connectivity index (χ0v) is 22.0. The number of hydrogen-bond donors (Lipinski definition) is 2. The molecule has 1 saturated heterocycles. The maximum absolute atomic E-state index is 12.7. The minimum Gasteiger partial charge on any atom is -0.351 e. The second kappa shape index (κ2) is 12.9. The van der Waals surface area contributed by atoms with E-state index in [9.17, 15) is 9.59 Å². The Bertz CT molecular complexity index is 880. The first kappa shape index (κ1) is 26.3. The van der Waals surface area contributed by atoms with Gasteiger partial charge in [0, 0.05) is 67.2 Å². The molecule has 1 aliphatic heterocycles. The van der Waals surface area contributed by atoms with Crippen LogP contribution in [0, 0.1) is 5.92 Å². The van der Waals surface area contributed by atoms with Gasteiger partial charge in [-0.1, -0.05) is 38.4 Å². The molecule has 0 saturated carbocycles. The third kappa shape index (κ3) is 8.12. The van der Waals surface area contributed by atoms with Gasteiger partial charge >= 0.3 is 0 Å². The lowest BCUT2D eigenvalue weighted by atomic mass is 9.98. The number of hydrogen-bond acceptors (Lipinski definition) is 6. The fourth-order valence-corrected chi connectivity index (χ4v) is 6.20. The summed E-state index contributed by atoms with van der Waals surface area (Å²) >= 11 is 9.70. The highest BCUT2D eigenvalue weighted by molar-refractivity contribution is 7.99. The number of thioether (sulfide) groups is 1. The third-order valence-electron chi connectivity index (χ3n) is 6.23. The predicted octanol–water partition coefficient (Wildman–Crippen LogP) is 3.85. The van der Waals surface area contributed by atoms with Crippen molar-refractivity contribution in [3.05, 3.63) is 32.8 Å². The van der Waals surface area contributed by atoms with Crippen LogP contribution in [0.3, 0.4) is 0 Å². The van der Waals surface area contributed by atoms with E-state index in [1.54, 1.807) is 11.3 Å². The van der Waals surface area contributed by atoms with Crippen molar-refractivity contribution in [2.24, 2.45) is 5.92 Å². The highest BCUT2D eigenvalue weighted by Crippen LogP contribution is 2.30. The lowest BCUT2D eigenvalue weighted by Crippen LogP contribution is -2.48. The number of aromatic nitrogens is 1. The standard InChI is InChI=1S/C24H35ClN4O2S2/c1-4-16(2)20(14-26-24(31)17(3)15-29-9-11-32-12-10-29)27-22(30)7-8-23-28-19-6-5-18(25)13-21(19)33-23/h13,16,20H,3-12,14-15H2,1-2H3,(H,26,31)(H,27,30). The lowest BCUT2D eigenvalue weighted by molar-refractivity contribution is -0.123. The zero-order chi connectivity index (χ0) is 23.8.